The topological polar surface area (TPSA) is 68.2 Å². The molecule has 4 rings (SSSR count). The molecule has 0 aliphatic rings. The van der Waals surface area contributed by atoms with Gasteiger partial charge in [-0.2, -0.15) is 0 Å². The maximum atomic E-state index is 12.7. The van der Waals surface area contributed by atoms with Crippen LogP contribution in [-0.2, 0) is 23.5 Å². The first kappa shape index (κ1) is 20.9. The molecule has 1 heterocycles. The number of para-hydroxylation sites is 1. The Balaban J connectivity index is 1.57. The number of sulfonamides is 1. The Morgan fingerprint density at radius 1 is 0.903 bits per heavy atom. The number of carbonyl (C=O) groups is 1. The average Bonchev–Trinajstić information content (AvgIpc) is 3.05. The molecular formula is C25H24N2O3S. The zero-order valence-corrected chi connectivity index (χ0v) is 18.5. The van der Waals surface area contributed by atoms with E-state index in [9.17, 15) is 13.2 Å². The van der Waals surface area contributed by atoms with Crippen molar-refractivity contribution in [2.24, 2.45) is 7.05 Å². The molecule has 0 fully saturated rings. The van der Waals surface area contributed by atoms with Gasteiger partial charge in [-0.1, -0.05) is 42.5 Å². The summed E-state index contributed by atoms with van der Waals surface area (Å²) in [6.07, 6.45) is 2.86. The SMILES string of the molecule is Cc1cc(C(=O)NS(=O)(=O)c2ccccc2C)ccc1Cc1cn(C)c2ccccc12. The highest BCUT2D eigenvalue weighted by atomic mass is 32.2. The summed E-state index contributed by atoms with van der Waals surface area (Å²) < 4.78 is 29.5. The minimum Gasteiger partial charge on any atom is -0.350 e. The predicted octanol–water partition coefficient (Wildman–Crippen LogP) is 4.50. The van der Waals surface area contributed by atoms with Crippen LogP contribution in [0.4, 0.5) is 0 Å². The van der Waals surface area contributed by atoms with Gasteiger partial charge in [0.25, 0.3) is 15.9 Å². The van der Waals surface area contributed by atoms with E-state index in [0.29, 0.717) is 11.1 Å². The van der Waals surface area contributed by atoms with Gasteiger partial charge in [0.1, 0.15) is 0 Å². The number of nitrogens with zero attached hydrogens (tertiary/aromatic N) is 1. The molecule has 3 aromatic carbocycles. The van der Waals surface area contributed by atoms with Crippen LogP contribution in [0.2, 0.25) is 0 Å². The molecule has 6 heteroatoms. The van der Waals surface area contributed by atoms with Crippen LogP contribution in [0.1, 0.15) is 32.6 Å². The lowest BCUT2D eigenvalue weighted by Gasteiger charge is -2.11. The highest BCUT2D eigenvalue weighted by molar-refractivity contribution is 7.90. The van der Waals surface area contributed by atoms with E-state index in [1.807, 2.05) is 32.2 Å². The number of carbonyl (C=O) groups excluding carboxylic acids is 1. The van der Waals surface area contributed by atoms with Crippen molar-refractivity contribution in [2.45, 2.75) is 25.2 Å². The smallest absolute Gasteiger partial charge is 0.265 e. The van der Waals surface area contributed by atoms with Crippen molar-refractivity contribution < 1.29 is 13.2 Å². The molecular weight excluding hydrogens is 408 g/mol. The van der Waals surface area contributed by atoms with Crippen molar-refractivity contribution >= 4 is 26.8 Å². The van der Waals surface area contributed by atoms with E-state index in [4.69, 9.17) is 0 Å². The highest BCUT2D eigenvalue weighted by Gasteiger charge is 2.21. The average molecular weight is 433 g/mol. The fourth-order valence-corrected chi connectivity index (χ4v) is 5.12. The molecule has 1 amide bonds. The largest absolute Gasteiger partial charge is 0.350 e. The number of aryl methyl sites for hydroxylation is 3. The van der Waals surface area contributed by atoms with Crippen molar-refractivity contribution in [3.05, 3.63) is 101 Å². The lowest BCUT2D eigenvalue weighted by atomic mass is 9.98. The number of fused-ring (bicyclic) bond motifs is 1. The van der Waals surface area contributed by atoms with Gasteiger partial charge < -0.3 is 4.57 Å². The maximum absolute atomic E-state index is 12.7. The minimum atomic E-state index is -3.93. The van der Waals surface area contributed by atoms with Gasteiger partial charge in [0.2, 0.25) is 0 Å². The summed E-state index contributed by atoms with van der Waals surface area (Å²) >= 11 is 0. The van der Waals surface area contributed by atoms with Gasteiger partial charge in [-0.3, -0.25) is 4.79 Å². The number of nitrogens with one attached hydrogen (secondary N) is 1. The van der Waals surface area contributed by atoms with Crippen molar-refractivity contribution in [2.75, 3.05) is 0 Å². The lowest BCUT2D eigenvalue weighted by molar-refractivity contribution is 0.0981. The van der Waals surface area contributed by atoms with Crippen LogP contribution < -0.4 is 4.72 Å². The van der Waals surface area contributed by atoms with Gasteiger partial charge in [0, 0.05) is 29.7 Å². The van der Waals surface area contributed by atoms with Crippen LogP contribution in [0.25, 0.3) is 10.9 Å². The molecule has 0 aliphatic carbocycles. The summed E-state index contributed by atoms with van der Waals surface area (Å²) in [4.78, 5) is 12.8. The number of benzene rings is 3. The molecule has 0 unspecified atom stereocenters. The van der Waals surface area contributed by atoms with Crippen LogP contribution >= 0.6 is 0 Å². The zero-order valence-electron chi connectivity index (χ0n) is 17.7. The second-order valence-corrected chi connectivity index (χ2v) is 9.45. The summed E-state index contributed by atoms with van der Waals surface area (Å²) in [5, 5.41) is 1.20. The summed E-state index contributed by atoms with van der Waals surface area (Å²) in [6.45, 7) is 3.64. The van der Waals surface area contributed by atoms with Crippen LogP contribution in [0.5, 0.6) is 0 Å². The van der Waals surface area contributed by atoms with Crippen LogP contribution in [0, 0.1) is 13.8 Å². The zero-order chi connectivity index (χ0) is 22.2. The van der Waals surface area contributed by atoms with E-state index in [2.05, 4.69) is 27.6 Å². The third-order valence-corrected chi connectivity index (χ3v) is 7.07. The Morgan fingerprint density at radius 3 is 2.35 bits per heavy atom. The Morgan fingerprint density at radius 2 is 1.61 bits per heavy atom. The third kappa shape index (κ3) is 4.11. The predicted molar refractivity (Wildman–Crippen MR) is 123 cm³/mol. The molecule has 0 atom stereocenters. The van der Waals surface area contributed by atoms with Crippen molar-refractivity contribution in [3.8, 4) is 0 Å². The monoisotopic (exact) mass is 432 g/mol. The summed E-state index contributed by atoms with van der Waals surface area (Å²) in [7, 11) is -1.90. The second kappa shape index (κ2) is 8.04. The lowest BCUT2D eigenvalue weighted by Crippen LogP contribution is -2.31. The maximum Gasteiger partial charge on any atom is 0.265 e. The van der Waals surface area contributed by atoms with Gasteiger partial charge in [-0.15, -0.1) is 0 Å². The van der Waals surface area contributed by atoms with E-state index in [-0.39, 0.29) is 4.90 Å². The normalized spacial score (nSPS) is 11.6. The fraction of sp³-hybridized carbons (Fsp3) is 0.160. The van der Waals surface area contributed by atoms with Crippen molar-refractivity contribution in [1.29, 1.82) is 0 Å². The number of hydrogen-bond donors (Lipinski definition) is 1. The first-order valence-corrected chi connectivity index (χ1v) is 11.5. The highest BCUT2D eigenvalue weighted by Crippen LogP contribution is 2.24. The summed E-state index contributed by atoms with van der Waals surface area (Å²) in [5.41, 5.74) is 5.32. The number of hydrogen-bond acceptors (Lipinski definition) is 3. The van der Waals surface area contributed by atoms with Gasteiger partial charge >= 0.3 is 0 Å². The third-order valence-electron chi connectivity index (χ3n) is 5.58. The molecule has 0 aliphatic heterocycles. The summed E-state index contributed by atoms with van der Waals surface area (Å²) in [6, 6.07) is 20.1. The molecule has 0 saturated heterocycles. The standard InChI is InChI=1S/C25H24N2O3S/c1-17-8-4-7-11-24(17)31(29,30)26-25(28)20-13-12-19(18(2)14-20)15-21-16-27(3)23-10-6-5-9-22(21)23/h4-14,16H,15H2,1-3H3,(H,26,28). The van der Waals surface area contributed by atoms with E-state index in [0.717, 1.165) is 17.5 Å². The van der Waals surface area contributed by atoms with Gasteiger partial charge in [-0.05, 0) is 66.8 Å². The van der Waals surface area contributed by atoms with Crippen LogP contribution in [0.3, 0.4) is 0 Å². The Bertz CT molecular complexity index is 1400. The molecule has 1 N–H and O–H groups in total. The molecule has 5 nitrogen and oxygen atoms in total. The van der Waals surface area contributed by atoms with Crippen molar-refractivity contribution in [1.82, 2.24) is 9.29 Å². The Labute approximate surface area is 182 Å². The van der Waals surface area contributed by atoms with Gasteiger partial charge in [0.05, 0.1) is 4.90 Å². The van der Waals surface area contributed by atoms with Gasteiger partial charge in [0.15, 0.2) is 0 Å². The quantitative estimate of drug-likeness (QED) is 0.505. The van der Waals surface area contributed by atoms with E-state index in [1.165, 1.54) is 22.5 Å². The number of amides is 1. The molecule has 4 aromatic rings. The first-order valence-electron chi connectivity index (χ1n) is 10.0. The number of rotatable bonds is 5. The minimum absolute atomic E-state index is 0.104. The van der Waals surface area contributed by atoms with E-state index < -0.39 is 15.9 Å². The van der Waals surface area contributed by atoms with E-state index >= 15 is 0 Å². The van der Waals surface area contributed by atoms with Gasteiger partial charge in [-0.25, -0.2) is 13.1 Å². The Kier molecular flexibility index (Phi) is 5.41. The summed E-state index contributed by atoms with van der Waals surface area (Å²) in [5.74, 6) is -0.636. The van der Waals surface area contributed by atoms with Crippen molar-refractivity contribution in [3.63, 3.8) is 0 Å². The fourth-order valence-electron chi connectivity index (χ4n) is 3.90. The molecule has 0 spiro atoms. The molecule has 158 valence electrons. The first-order chi connectivity index (χ1) is 14.8. The molecule has 31 heavy (non-hydrogen) atoms. The van der Waals surface area contributed by atoms with E-state index in [1.54, 1.807) is 37.3 Å². The molecule has 0 bridgehead atoms. The van der Waals surface area contributed by atoms with Crippen LogP contribution in [-0.4, -0.2) is 18.9 Å². The molecule has 0 saturated carbocycles. The molecule has 1 aromatic heterocycles. The molecule has 0 radical (unpaired) electrons. The van der Waals surface area contributed by atoms with Crippen LogP contribution in [0.15, 0.2) is 77.8 Å². The Hall–Kier alpha value is -3.38. The second-order valence-electron chi connectivity index (χ2n) is 7.80. The number of aromatic nitrogens is 1.